The number of hydrogen-bond donors (Lipinski definition) is 2. The van der Waals surface area contributed by atoms with Crippen molar-refractivity contribution in [1.29, 1.82) is 0 Å². The minimum atomic E-state index is -0.393. The maximum absolute atomic E-state index is 12.5. The lowest BCUT2D eigenvalue weighted by Gasteiger charge is -2.08. The lowest BCUT2D eigenvalue weighted by molar-refractivity contribution is -0.115. The van der Waals surface area contributed by atoms with E-state index in [1.807, 2.05) is 58.9 Å². The number of aryl methyl sites for hydroxylation is 5. The average Bonchev–Trinajstić information content (AvgIpc) is 2.93. The lowest BCUT2D eigenvalue weighted by atomic mass is 10.0. The molecule has 1 heterocycles. The number of carbonyl (C=O) groups excluding carboxylic acids is 2. The van der Waals surface area contributed by atoms with Gasteiger partial charge in [0.15, 0.2) is 5.76 Å². The van der Waals surface area contributed by atoms with Crippen LogP contribution in [0, 0.1) is 34.6 Å². The first-order valence-electron chi connectivity index (χ1n) is 8.92. The fourth-order valence-corrected chi connectivity index (χ4v) is 3.27. The molecule has 2 amide bonds. The molecule has 0 spiro atoms. The van der Waals surface area contributed by atoms with Crippen LogP contribution in [0.15, 0.2) is 34.7 Å². The molecule has 0 aliphatic carbocycles. The zero-order valence-corrected chi connectivity index (χ0v) is 16.3. The fourth-order valence-electron chi connectivity index (χ4n) is 3.27. The van der Waals surface area contributed by atoms with Crippen molar-refractivity contribution in [2.24, 2.45) is 0 Å². The van der Waals surface area contributed by atoms with E-state index < -0.39 is 5.91 Å². The Morgan fingerprint density at radius 1 is 0.926 bits per heavy atom. The minimum absolute atomic E-state index is 0.125. The van der Waals surface area contributed by atoms with Gasteiger partial charge in [0.1, 0.15) is 5.58 Å². The molecule has 1 aromatic heterocycles. The second kappa shape index (κ2) is 7.27. The van der Waals surface area contributed by atoms with Crippen molar-refractivity contribution in [2.75, 3.05) is 11.9 Å². The molecule has 27 heavy (non-hydrogen) atoms. The van der Waals surface area contributed by atoms with E-state index in [2.05, 4.69) is 16.7 Å². The summed E-state index contributed by atoms with van der Waals surface area (Å²) in [6.45, 7) is 9.72. The number of carbonyl (C=O) groups is 2. The molecule has 0 unspecified atom stereocenters. The highest BCUT2D eigenvalue weighted by molar-refractivity contribution is 6.02. The van der Waals surface area contributed by atoms with Crippen LogP contribution in [0.5, 0.6) is 0 Å². The Kier molecular flexibility index (Phi) is 5.04. The summed E-state index contributed by atoms with van der Waals surface area (Å²) in [5, 5.41) is 6.38. The molecule has 0 aliphatic heterocycles. The molecular weight excluding hydrogens is 340 g/mol. The number of benzene rings is 2. The van der Waals surface area contributed by atoms with E-state index in [4.69, 9.17) is 4.42 Å². The van der Waals surface area contributed by atoms with Crippen molar-refractivity contribution in [3.05, 3.63) is 63.9 Å². The molecule has 0 saturated carbocycles. The number of rotatable bonds is 4. The summed E-state index contributed by atoms with van der Waals surface area (Å²) in [4.78, 5) is 24.6. The Labute approximate surface area is 158 Å². The fraction of sp³-hybridized carbons (Fsp3) is 0.273. The zero-order valence-electron chi connectivity index (χ0n) is 16.3. The van der Waals surface area contributed by atoms with Crippen molar-refractivity contribution >= 4 is 28.5 Å². The van der Waals surface area contributed by atoms with Gasteiger partial charge in [-0.05, 0) is 75.1 Å². The highest BCUT2D eigenvalue weighted by Gasteiger charge is 2.19. The monoisotopic (exact) mass is 364 g/mol. The van der Waals surface area contributed by atoms with Gasteiger partial charge in [-0.2, -0.15) is 0 Å². The molecular formula is C22H24N2O3. The maximum Gasteiger partial charge on any atom is 0.287 e. The molecule has 0 aliphatic rings. The second-order valence-electron chi connectivity index (χ2n) is 7.04. The predicted molar refractivity (Wildman–Crippen MR) is 107 cm³/mol. The van der Waals surface area contributed by atoms with Gasteiger partial charge >= 0.3 is 0 Å². The Morgan fingerprint density at radius 3 is 2.37 bits per heavy atom. The van der Waals surface area contributed by atoms with Gasteiger partial charge in [-0.25, -0.2) is 0 Å². The van der Waals surface area contributed by atoms with Crippen molar-refractivity contribution < 1.29 is 14.0 Å². The van der Waals surface area contributed by atoms with E-state index in [-0.39, 0.29) is 18.2 Å². The third-order valence-electron chi connectivity index (χ3n) is 4.78. The normalized spacial score (nSPS) is 10.9. The summed E-state index contributed by atoms with van der Waals surface area (Å²) in [7, 11) is 0. The first-order valence-corrected chi connectivity index (χ1v) is 8.92. The first-order chi connectivity index (χ1) is 12.8. The molecule has 0 atom stereocenters. The molecule has 2 aromatic carbocycles. The SMILES string of the molecule is Cc1cc(C)c2c(C)c(C(=O)NCC(=O)Nc3ccc(C)c(C)c3)oc2c1. The van der Waals surface area contributed by atoms with Gasteiger partial charge in [-0.15, -0.1) is 0 Å². The third-order valence-corrected chi connectivity index (χ3v) is 4.78. The number of hydrogen-bond acceptors (Lipinski definition) is 3. The molecule has 0 saturated heterocycles. The summed E-state index contributed by atoms with van der Waals surface area (Å²) < 4.78 is 5.76. The molecule has 5 heteroatoms. The molecule has 0 fully saturated rings. The quantitative estimate of drug-likeness (QED) is 0.723. The van der Waals surface area contributed by atoms with Gasteiger partial charge in [0.25, 0.3) is 5.91 Å². The molecule has 140 valence electrons. The zero-order chi connectivity index (χ0) is 19.7. The average molecular weight is 364 g/mol. The van der Waals surface area contributed by atoms with E-state index >= 15 is 0 Å². The summed E-state index contributed by atoms with van der Waals surface area (Å²) in [5.74, 6) is -0.430. The van der Waals surface area contributed by atoms with Crippen molar-refractivity contribution in [3.8, 4) is 0 Å². The van der Waals surface area contributed by atoms with Crippen molar-refractivity contribution in [2.45, 2.75) is 34.6 Å². The highest BCUT2D eigenvalue weighted by Crippen LogP contribution is 2.29. The van der Waals surface area contributed by atoms with Crippen LogP contribution in [0.2, 0.25) is 0 Å². The van der Waals surface area contributed by atoms with Crippen LogP contribution in [0.25, 0.3) is 11.0 Å². The molecule has 3 rings (SSSR count). The van der Waals surface area contributed by atoms with Crippen LogP contribution in [0.3, 0.4) is 0 Å². The van der Waals surface area contributed by atoms with Gasteiger partial charge < -0.3 is 15.1 Å². The van der Waals surface area contributed by atoms with Gasteiger partial charge in [0.05, 0.1) is 6.54 Å². The minimum Gasteiger partial charge on any atom is -0.451 e. The predicted octanol–water partition coefficient (Wildman–Crippen LogP) is 4.34. The van der Waals surface area contributed by atoms with Crippen LogP contribution in [-0.4, -0.2) is 18.4 Å². The number of fused-ring (bicyclic) bond motifs is 1. The topological polar surface area (TPSA) is 71.3 Å². The Morgan fingerprint density at radius 2 is 1.67 bits per heavy atom. The molecule has 0 bridgehead atoms. The first kappa shape index (κ1) is 18.7. The summed E-state index contributed by atoms with van der Waals surface area (Å²) in [6, 6.07) is 9.67. The van der Waals surface area contributed by atoms with E-state index in [1.165, 1.54) is 0 Å². The van der Waals surface area contributed by atoms with E-state index in [0.717, 1.165) is 33.2 Å². The van der Waals surface area contributed by atoms with Gasteiger partial charge in [-0.1, -0.05) is 12.1 Å². The Hall–Kier alpha value is -3.08. The van der Waals surface area contributed by atoms with Gasteiger partial charge in [0.2, 0.25) is 5.91 Å². The van der Waals surface area contributed by atoms with Gasteiger partial charge in [0, 0.05) is 16.6 Å². The molecule has 2 N–H and O–H groups in total. The molecule has 0 radical (unpaired) electrons. The highest BCUT2D eigenvalue weighted by atomic mass is 16.3. The number of furan rings is 1. The number of amides is 2. The maximum atomic E-state index is 12.5. The summed E-state index contributed by atoms with van der Waals surface area (Å²) >= 11 is 0. The Bertz CT molecular complexity index is 1050. The smallest absolute Gasteiger partial charge is 0.287 e. The van der Waals surface area contributed by atoms with Crippen LogP contribution >= 0.6 is 0 Å². The van der Waals surface area contributed by atoms with Crippen molar-refractivity contribution in [3.63, 3.8) is 0 Å². The molecule has 3 aromatic rings. The van der Waals surface area contributed by atoms with E-state index in [9.17, 15) is 9.59 Å². The van der Waals surface area contributed by atoms with Crippen LogP contribution < -0.4 is 10.6 Å². The standard InChI is InChI=1S/C22H24N2O3/c1-12-8-15(4)20-16(5)21(27-18(20)9-12)22(26)23-11-19(25)24-17-7-6-13(2)14(3)10-17/h6-10H,11H2,1-5H3,(H,23,26)(H,24,25). The summed E-state index contributed by atoms with van der Waals surface area (Å²) in [6.07, 6.45) is 0. The third kappa shape index (κ3) is 3.87. The van der Waals surface area contributed by atoms with Crippen LogP contribution in [-0.2, 0) is 4.79 Å². The number of nitrogens with one attached hydrogen (secondary N) is 2. The van der Waals surface area contributed by atoms with Gasteiger partial charge in [-0.3, -0.25) is 9.59 Å². The van der Waals surface area contributed by atoms with E-state index in [0.29, 0.717) is 11.3 Å². The summed E-state index contributed by atoms with van der Waals surface area (Å²) in [5.41, 5.74) is 6.59. The van der Waals surface area contributed by atoms with Crippen LogP contribution in [0.1, 0.15) is 38.4 Å². The van der Waals surface area contributed by atoms with E-state index in [1.54, 1.807) is 0 Å². The second-order valence-corrected chi connectivity index (χ2v) is 7.04. The van der Waals surface area contributed by atoms with Crippen LogP contribution in [0.4, 0.5) is 5.69 Å². The lowest BCUT2D eigenvalue weighted by Crippen LogP contribution is -2.33. The largest absolute Gasteiger partial charge is 0.451 e. The molecule has 5 nitrogen and oxygen atoms in total. The Balaban J connectivity index is 1.69. The number of anilines is 1. The van der Waals surface area contributed by atoms with Crippen molar-refractivity contribution in [1.82, 2.24) is 5.32 Å².